The Bertz CT molecular complexity index is 847. The van der Waals surface area contributed by atoms with Crippen molar-refractivity contribution in [3.8, 4) is 0 Å². The fourth-order valence-electron chi connectivity index (χ4n) is 6.88. The lowest BCUT2D eigenvalue weighted by atomic mass is 9.99. The Labute approximate surface area is 327 Å². The van der Waals surface area contributed by atoms with Gasteiger partial charge >= 0.3 is 19.8 Å². The molecule has 0 aliphatic rings. The average molecular weight is 775 g/mol. The number of esters is 2. The minimum absolute atomic E-state index is 0.219. The summed E-state index contributed by atoms with van der Waals surface area (Å²) in [5.74, 6) is 0.0348. The van der Waals surface area contributed by atoms with Crippen molar-refractivity contribution in [3.05, 3.63) is 0 Å². The van der Waals surface area contributed by atoms with Crippen molar-refractivity contribution in [2.75, 3.05) is 13.2 Å². The smallest absolute Gasteiger partial charge is 0.462 e. The quantitative estimate of drug-likeness (QED) is 0.0357. The van der Waals surface area contributed by atoms with Crippen LogP contribution in [0.15, 0.2) is 0 Å². The number of phosphoric ester groups is 1. The van der Waals surface area contributed by atoms with Gasteiger partial charge in [-0.05, 0) is 18.8 Å². The molecule has 0 fully saturated rings. The Kier molecular flexibility index (Phi) is 38.6. The van der Waals surface area contributed by atoms with Crippen LogP contribution in [0, 0.1) is 5.92 Å². The van der Waals surface area contributed by atoms with Crippen LogP contribution >= 0.6 is 7.82 Å². The van der Waals surface area contributed by atoms with Crippen LogP contribution in [-0.2, 0) is 28.2 Å². The number of ether oxygens (including phenoxy) is 2. The standard InChI is InChI=1S/C44H87O8P/c1-4-6-7-8-9-10-11-18-23-26-29-32-35-38-44(46)52-42(40-51-53(47,48)49)39-50-43(45)37-34-31-28-25-22-20-17-15-13-12-14-16-19-21-24-27-30-33-36-41(3)5-2/h41-42H,4-40H2,1-3H3,(H2,47,48,49)/t41?,42-/m1/s1. The molecule has 0 amide bonds. The number of hydrogen-bond donors (Lipinski definition) is 2. The molecule has 0 rings (SSSR count). The first-order valence-electron chi connectivity index (χ1n) is 22.7. The Hall–Kier alpha value is -0.950. The van der Waals surface area contributed by atoms with E-state index in [0.29, 0.717) is 6.42 Å². The van der Waals surface area contributed by atoms with Gasteiger partial charge in [-0.15, -0.1) is 0 Å². The molecule has 0 aliphatic heterocycles. The highest BCUT2D eigenvalue weighted by molar-refractivity contribution is 7.46. The van der Waals surface area contributed by atoms with Gasteiger partial charge in [-0.25, -0.2) is 4.57 Å². The molecule has 0 radical (unpaired) electrons. The maximum Gasteiger partial charge on any atom is 0.469 e. The Morgan fingerprint density at radius 1 is 0.491 bits per heavy atom. The molecule has 0 aromatic heterocycles. The second kappa shape index (κ2) is 39.3. The summed E-state index contributed by atoms with van der Waals surface area (Å²) in [5.41, 5.74) is 0. The van der Waals surface area contributed by atoms with E-state index in [1.54, 1.807) is 0 Å². The van der Waals surface area contributed by atoms with Gasteiger partial charge in [0, 0.05) is 12.8 Å². The van der Waals surface area contributed by atoms with E-state index in [1.165, 1.54) is 173 Å². The van der Waals surface area contributed by atoms with Gasteiger partial charge in [0.25, 0.3) is 0 Å². The zero-order valence-electron chi connectivity index (χ0n) is 35.1. The Morgan fingerprint density at radius 3 is 1.19 bits per heavy atom. The zero-order valence-corrected chi connectivity index (χ0v) is 36.0. The predicted octanol–water partition coefficient (Wildman–Crippen LogP) is 13.9. The molecule has 0 bridgehead atoms. The normalized spacial score (nSPS) is 12.9. The Balaban J connectivity index is 3.78. The van der Waals surface area contributed by atoms with Crippen molar-refractivity contribution in [2.45, 2.75) is 252 Å². The molecule has 0 spiro atoms. The highest BCUT2D eigenvalue weighted by atomic mass is 31.2. The molecular formula is C44H87O8P. The third kappa shape index (κ3) is 42.0. The van der Waals surface area contributed by atoms with E-state index in [4.69, 9.17) is 19.3 Å². The highest BCUT2D eigenvalue weighted by Crippen LogP contribution is 2.36. The molecule has 0 aliphatic carbocycles. The van der Waals surface area contributed by atoms with Gasteiger partial charge in [0.15, 0.2) is 6.10 Å². The van der Waals surface area contributed by atoms with Gasteiger partial charge in [0.05, 0.1) is 6.61 Å². The molecule has 0 saturated carbocycles. The van der Waals surface area contributed by atoms with Crippen molar-refractivity contribution >= 4 is 19.8 Å². The maximum atomic E-state index is 12.4. The second-order valence-electron chi connectivity index (χ2n) is 16.0. The molecule has 1 unspecified atom stereocenters. The van der Waals surface area contributed by atoms with E-state index >= 15 is 0 Å². The number of rotatable bonds is 42. The van der Waals surface area contributed by atoms with Gasteiger partial charge in [-0.1, -0.05) is 220 Å². The van der Waals surface area contributed by atoms with Crippen LogP contribution in [-0.4, -0.2) is 41.0 Å². The zero-order chi connectivity index (χ0) is 39.1. The van der Waals surface area contributed by atoms with Crippen LogP contribution in [0.2, 0.25) is 0 Å². The first-order valence-corrected chi connectivity index (χ1v) is 24.3. The van der Waals surface area contributed by atoms with Crippen molar-refractivity contribution < 1.29 is 37.9 Å². The lowest BCUT2D eigenvalue weighted by Gasteiger charge is -2.18. The highest BCUT2D eigenvalue weighted by Gasteiger charge is 2.23. The largest absolute Gasteiger partial charge is 0.469 e. The Morgan fingerprint density at radius 2 is 0.830 bits per heavy atom. The molecular weight excluding hydrogens is 687 g/mol. The van der Waals surface area contributed by atoms with Crippen molar-refractivity contribution in [1.82, 2.24) is 0 Å². The summed E-state index contributed by atoms with van der Waals surface area (Å²) in [5, 5.41) is 0. The average Bonchev–Trinajstić information content (AvgIpc) is 3.13. The third-order valence-electron chi connectivity index (χ3n) is 10.7. The monoisotopic (exact) mass is 775 g/mol. The summed E-state index contributed by atoms with van der Waals surface area (Å²) in [6, 6.07) is 0. The molecule has 8 nitrogen and oxygen atoms in total. The van der Waals surface area contributed by atoms with Gasteiger partial charge in [-0.3, -0.25) is 14.1 Å². The van der Waals surface area contributed by atoms with Crippen molar-refractivity contribution in [1.29, 1.82) is 0 Å². The number of carbonyl (C=O) groups excluding carboxylic acids is 2. The van der Waals surface area contributed by atoms with E-state index in [2.05, 4.69) is 25.3 Å². The minimum atomic E-state index is -4.75. The lowest BCUT2D eigenvalue weighted by molar-refractivity contribution is -0.161. The van der Waals surface area contributed by atoms with E-state index in [1.807, 2.05) is 0 Å². The van der Waals surface area contributed by atoms with Gasteiger partial charge < -0.3 is 19.3 Å². The summed E-state index contributed by atoms with van der Waals surface area (Å²) in [6.07, 6.45) is 41.1. The topological polar surface area (TPSA) is 119 Å². The summed E-state index contributed by atoms with van der Waals surface area (Å²) in [6.45, 7) is 6.11. The molecule has 0 aromatic rings. The van der Waals surface area contributed by atoms with Gasteiger partial charge in [0.1, 0.15) is 6.61 Å². The molecule has 0 saturated heterocycles. The number of carbonyl (C=O) groups is 2. The summed E-state index contributed by atoms with van der Waals surface area (Å²) in [7, 11) is -4.75. The molecule has 53 heavy (non-hydrogen) atoms. The fourth-order valence-corrected chi connectivity index (χ4v) is 7.24. The van der Waals surface area contributed by atoms with Crippen LogP contribution in [0.1, 0.15) is 245 Å². The molecule has 2 N–H and O–H groups in total. The number of phosphoric acid groups is 1. The van der Waals surface area contributed by atoms with Gasteiger partial charge in [-0.2, -0.15) is 0 Å². The van der Waals surface area contributed by atoms with Crippen LogP contribution in [0.5, 0.6) is 0 Å². The SMILES string of the molecule is CCCCCCCCCCCCCCCC(=O)O[C@H](COC(=O)CCCCCCCCCCCCCCCCCCCCC(C)CC)COP(=O)(O)O. The van der Waals surface area contributed by atoms with Crippen LogP contribution < -0.4 is 0 Å². The van der Waals surface area contributed by atoms with E-state index in [0.717, 1.165) is 38.0 Å². The molecule has 0 heterocycles. The molecule has 0 aromatic carbocycles. The number of hydrogen-bond acceptors (Lipinski definition) is 6. The number of unbranched alkanes of at least 4 members (excludes halogenated alkanes) is 29. The van der Waals surface area contributed by atoms with E-state index < -0.39 is 32.5 Å². The van der Waals surface area contributed by atoms with Crippen LogP contribution in [0.3, 0.4) is 0 Å². The summed E-state index contributed by atoms with van der Waals surface area (Å²) < 4.78 is 26.4. The molecule has 2 atom stereocenters. The summed E-state index contributed by atoms with van der Waals surface area (Å²) >= 11 is 0. The van der Waals surface area contributed by atoms with E-state index in [-0.39, 0.29) is 19.4 Å². The predicted molar refractivity (Wildman–Crippen MR) is 221 cm³/mol. The maximum absolute atomic E-state index is 12.4. The van der Waals surface area contributed by atoms with Crippen LogP contribution in [0.4, 0.5) is 0 Å². The fraction of sp³-hybridized carbons (Fsp3) is 0.955. The van der Waals surface area contributed by atoms with Crippen molar-refractivity contribution in [2.24, 2.45) is 5.92 Å². The van der Waals surface area contributed by atoms with Crippen LogP contribution in [0.25, 0.3) is 0 Å². The van der Waals surface area contributed by atoms with Gasteiger partial charge in [0.2, 0.25) is 0 Å². The molecule has 316 valence electrons. The minimum Gasteiger partial charge on any atom is -0.462 e. The second-order valence-corrected chi connectivity index (χ2v) is 17.2. The molecule has 9 heteroatoms. The lowest BCUT2D eigenvalue weighted by Crippen LogP contribution is -2.29. The first kappa shape index (κ1) is 52.0. The first-order chi connectivity index (χ1) is 25.7. The van der Waals surface area contributed by atoms with Crippen molar-refractivity contribution in [3.63, 3.8) is 0 Å². The van der Waals surface area contributed by atoms with E-state index in [9.17, 15) is 14.2 Å². The third-order valence-corrected chi connectivity index (χ3v) is 11.2. The summed E-state index contributed by atoms with van der Waals surface area (Å²) in [4.78, 5) is 42.9.